The summed E-state index contributed by atoms with van der Waals surface area (Å²) < 4.78 is 18.5. The van der Waals surface area contributed by atoms with Crippen LogP contribution < -0.4 is 10.2 Å². The zero-order chi connectivity index (χ0) is 15.4. The van der Waals surface area contributed by atoms with E-state index in [0.29, 0.717) is 0 Å². The maximum Gasteiger partial charge on any atom is 0.277 e. The van der Waals surface area contributed by atoms with Crippen LogP contribution in [0.25, 0.3) is 0 Å². The van der Waals surface area contributed by atoms with Crippen molar-refractivity contribution in [2.24, 2.45) is 5.10 Å². The van der Waals surface area contributed by atoms with Gasteiger partial charge in [0.15, 0.2) is 18.2 Å². The lowest BCUT2D eigenvalue weighted by Gasteiger charge is -2.06. The van der Waals surface area contributed by atoms with Crippen molar-refractivity contribution in [3.63, 3.8) is 0 Å². The van der Waals surface area contributed by atoms with Gasteiger partial charge in [0, 0.05) is 5.56 Å². The van der Waals surface area contributed by atoms with Crippen LogP contribution in [0, 0.1) is 5.82 Å². The highest BCUT2D eigenvalue weighted by atomic mass is 19.1. The number of hydrazone groups is 1. The largest absolute Gasteiger partial charge is 0.481 e. The number of halogens is 1. The van der Waals surface area contributed by atoms with Crippen LogP contribution in [0.2, 0.25) is 0 Å². The number of ether oxygens (including phenoxy) is 1. The molecule has 0 saturated heterocycles. The molecule has 0 heterocycles. The molecule has 0 unspecified atom stereocenters. The van der Waals surface area contributed by atoms with E-state index in [1.54, 1.807) is 12.1 Å². The summed E-state index contributed by atoms with van der Waals surface area (Å²) in [7, 11) is 0. The average Bonchev–Trinajstić information content (AvgIpc) is 2.95. The van der Waals surface area contributed by atoms with E-state index < -0.39 is 11.7 Å². The van der Waals surface area contributed by atoms with Crippen molar-refractivity contribution >= 4 is 11.6 Å². The van der Waals surface area contributed by atoms with Gasteiger partial charge in [-0.15, -0.1) is 0 Å². The first-order valence-corrected chi connectivity index (χ1v) is 7.05. The monoisotopic (exact) mass is 298 g/mol. The number of nitrogens with one attached hydrogen (secondary N) is 1. The number of aryl methyl sites for hydroxylation is 1. The van der Waals surface area contributed by atoms with Gasteiger partial charge in [-0.2, -0.15) is 5.10 Å². The molecule has 0 bridgehead atoms. The predicted octanol–water partition coefficient (Wildman–Crippen LogP) is 2.67. The van der Waals surface area contributed by atoms with E-state index in [-0.39, 0.29) is 12.4 Å². The minimum atomic E-state index is -0.494. The Morgan fingerprint density at radius 1 is 1.14 bits per heavy atom. The number of para-hydroxylation sites is 1. The standard InChI is InChI=1S/C17H15FN2O2/c18-14-7-3-4-8-16(14)22-11-17(21)20-19-15-10-9-12-5-1-2-6-13(12)15/h1-8H,9-11H2,(H,20,21)/b19-15+. The molecule has 0 aromatic heterocycles. The van der Waals surface area contributed by atoms with Gasteiger partial charge in [0.1, 0.15) is 0 Å². The van der Waals surface area contributed by atoms with Gasteiger partial charge in [0.25, 0.3) is 5.91 Å². The number of rotatable bonds is 4. The Bertz CT molecular complexity index is 728. The molecule has 112 valence electrons. The molecule has 1 aliphatic rings. The topological polar surface area (TPSA) is 50.7 Å². The second-order valence-electron chi connectivity index (χ2n) is 4.97. The van der Waals surface area contributed by atoms with E-state index in [4.69, 9.17) is 4.74 Å². The third kappa shape index (κ3) is 3.14. The summed E-state index contributed by atoms with van der Waals surface area (Å²) in [6.45, 7) is -0.278. The van der Waals surface area contributed by atoms with Crippen molar-refractivity contribution in [3.8, 4) is 5.75 Å². The third-order valence-electron chi connectivity index (χ3n) is 3.47. The van der Waals surface area contributed by atoms with E-state index in [1.807, 2.05) is 18.2 Å². The van der Waals surface area contributed by atoms with Gasteiger partial charge in [-0.3, -0.25) is 4.79 Å². The molecule has 2 aromatic rings. The number of benzene rings is 2. The summed E-state index contributed by atoms with van der Waals surface area (Å²) >= 11 is 0. The van der Waals surface area contributed by atoms with E-state index >= 15 is 0 Å². The molecule has 3 rings (SSSR count). The van der Waals surface area contributed by atoms with Crippen LogP contribution in [0.15, 0.2) is 53.6 Å². The SMILES string of the molecule is O=C(COc1ccccc1F)N/N=C1\CCc2ccccc21. The highest BCUT2D eigenvalue weighted by Gasteiger charge is 2.17. The van der Waals surface area contributed by atoms with Gasteiger partial charge >= 0.3 is 0 Å². The maximum absolute atomic E-state index is 13.4. The summed E-state index contributed by atoms with van der Waals surface area (Å²) in [5.74, 6) is -0.858. The minimum Gasteiger partial charge on any atom is -0.481 e. The summed E-state index contributed by atoms with van der Waals surface area (Å²) in [6, 6.07) is 13.9. The van der Waals surface area contributed by atoms with Gasteiger partial charge < -0.3 is 4.74 Å². The van der Waals surface area contributed by atoms with E-state index in [1.165, 1.54) is 17.7 Å². The van der Waals surface area contributed by atoms with Crippen molar-refractivity contribution in [1.29, 1.82) is 0 Å². The highest BCUT2D eigenvalue weighted by molar-refractivity contribution is 6.04. The molecule has 0 atom stereocenters. The van der Waals surface area contributed by atoms with Crippen LogP contribution in [0.4, 0.5) is 4.39 Å². The normalized spacial score (nSPS) is 14.7. The fourth-order valence-corrected chi connectivity index (χ4v) is 2.39. The highest BCUT2D eigenvalue weighted by Crippen LogP contribution is 2.21. The summed E-state index contributed by atoms with van der Waals surface area (Å²) in [5.41, 5.74) is 5.61. The lowest BCUT2D eigenvalue weighted by atomic mass is 10.1. The van der Waals surface area contributed by atoms with Crippen molar-refractivity contribution in [3.05, 3.63) is 65.5 Å². The lowest BCUT2D eigenvalue weighted by Crippen LogP contribution is -2.25. The molecule has 1 aliphatic carbocycles. The molecule has 1 N–H and O–H groups in total. The molecule has 1 amide bonds. The maximum atomic E-state index is 13.4. The third-order valence-corrected chi connectivity index (χ3v) is 3.47. The Morgan fingerprint density at radius 3 is 2.77 bits per heavy atom. The molecule has 0 saturated carbocycles. The molecule has 5 heteroatoms. The van der Waals surface area contributed by atoms with Gasteiger partial charge in [-0.25, -0.2) is 9.82 Å². The Balaban J connectivity index is 1.57. The Labute approximate surface area is 127 Å². The Kier molecular flexibility index (Phi) is 4.14. The van der Waals surface area contributed by atoms with Gasteiger partial charge in [0.2, 0.25) is 0 Å². The quantitative estimate of drug-likeness (QED) is 0.882. The number of carbonyl (C=O) groups excluding carboxylic acids is 1. The van der Waals surface area contributed by atoms with Crippen LogP contribution >= 0.6 is 0 Å². The van der Waals surface area contributed by atoms with Crippen LogP contribution in [0.3, 0.4) is 0 Å². The fourth-order valence-electron chi connectivity index (χ4n) is 2.39. The first-order valence-electron chi connectivity index (χ1n) is 7.05. The number of fused-ring (bicyclic) bond motifs is 1. The molecule has 2 aromatic carbocycles. The fraction of sp³-hybridized carbons (Fsp3) is 0.176. The Hall–Kier alpha value is -2.69. The molecular weight excluding hydrogens is 283 g/mol. The van der Waals surface area contributed by atoms with Crippen molar-refractivity contribution in [2.45, 2.75) is 12.8 Å². The van der Waals surface area contributed by atoms with Crippen LogP contribution in [0.1, 0.15) is 17.5 Å². The first-order chi connectivity index (χ1) is 10.7. The summed E-state index contributed by atoms with van der Waals surface area (Å²) in [6.07, 6.45) is 1.73. The predicted molar refractivity (Wildman–Crippen MR) is 81.3 cm³/mol. The second kappa shape index (κ2) is 6.39. The molecule has 4 nitrogen and oxygen atoms in total. The molecule has 0 radical (unpaired) electrons. The molecule has 0 aliphatic heterocycles. The molecular formula is C17H15FN2O2. The van der Waals surface area contributed by atoms with Gasteiger partial charge in [-0.05, 0) is 30.5 Å². The minimum absolute atomic E-state index is 0.0523. The zero-order valence-corrected chi connectivity index (χ0v) is 11.9. The number of nitrogens with zero attached hydrogens (tertiary/aromatic N) is 1. The van der Waals surface area contributed by atoms with Crippen molar-refractivity contribution in [2.75, 3.05) is 6.61 Å². The van der Waals surface area contributed by atoms with Crippen LogP contribution in [-0.4, -0.2) is 18.2 Å². The van der Waals surface area contributed by atoms with E-state index in [2.05, 4.69) is 16.6 Å². The molecule has 22 heavy (non-hydrogen) atoms. The summed E-state index contributed by atoms with van der Waals surface area (Å²) in [5, 5.41) is 4.14. The van der Waals surface area contributed by atoms with E-state index in [9.17, 15) is 9.18 Å². The van der Waals surface area contributed by atoms with Gasteiger partial charge in [0.05, 0.1) is 5.71 Å². The average molecular weight is 298 g/mol. The number of hydrogen-bond donors (Lipinski definition) is 1. The number of hydrogen-bond acceptors (Lipinski definition) is 3. The second-order valence-corrected chi connectivity index (χ2v) is 4.97. The van der Waals surface area contributed by atoms with Gasteiger partial charge in [-0.1, -0.05) is 36.4 Å². The lowest BCUT2D eigenvalue weighted by molar-refractivity contribution is -0.123. The van der Waals surface area contributed by atoms with Crippen molar-refractivity contribution in [1.82, 2.24) is 5.43 Å². The van der Waals surface area contributed by atoms with Crippen LogP contribution in [0.5, 0.6) is 5.75 Å². The van der Waals surface area contributed by atoms with Crippen molar-refractivity contribution < 1.29 is 13.9 Å². The number of carbonyl (C=O) groups is 1. The Morgan fingerprint density at radius 2 is 1.91 bits per heavy atom. The zero-order valence-electron chi connectivity index (χ0n) is 11.9. The smallest absolute Gasteiger partial charge is 0.277 e. The van der Waals surface area contributed by atoms with Crippen LogP contribution in [-0.2, 0) is 11.2 Å². The first kappa shape index (κ1) is 14.3. The number of amides is 1. The molecule has 0 spiro atoms. The van der Waals surface area contributed by atoms with E-state index in [0.717, 1.165) is 24.1 Å². The molecule has 0 fully saturated rings. The summed E-state index contributed by atoms with van der Waals surface area (Å²) in [4.78, 5) is 11.7.